The number of allylic oxidation sites excluding steroid dienone is 2. The van der Waals surface area contributed by atoms with E-state index in [0.717, 1.165) is 35.9 Å². The van der Waals surface area contributed by atoms with E-state index in [4.69, 9.17) is 4.98 Å². The van der Waals surface area contributed by atoms with E-state index in [1.807, 2.05) is 0 Å². The molecule has 0 fully saturated rings. The number of aliphatic hydroxyl groups excluding tert-OH is 1. The number of nitrogens with one attached hydrogen (secondary N) is 1. The van der Waals surface area contributed by atoms with Crippen molar-refractivity contribution in [1.82, 2.24) is 10.3 Å². The fourth-order valence-electron chi connectivity index (χ4n) is 6.09. The molecule has 5 rings (SSSR count). The summed E-state index contributed by atoms with van der Waals surface area (Å²) in [4.78, 5) is 5.11. The zero-order valence-corrected chi connectivity index (χ0v) is 24.1. The van der Waals surface area contributed by atoms with Gasteiger partial charge in [0.25, 0.3) is 0 Å². The molecule has 2 aromatic carbocycles. The molecule has 0 aromatic heterocycles. The minimum Gasteiger partial charge on any atom is -0.513 e. The molecule has 1 aliphatic carbocycles. The second-order valence-electron chi connectivity index (χ2n) is 13.0. The van der Waals surface area contributed by atoms with Crippen LogP contribution >= 0.6 is 0 Å². The molecular formula is C34H42N2O. The normalized spacial score (nSPS) is 18.2. The Labute approximate surface area is 221 Å². The van der Waals surface area contributed by atoms with Gasteiger partial charge in [-0.2, -0.15) is 0 Å². The van der Waals surface area contributed by atoms with Gasteiger partial charge in [-0.25, -0.2) is 4.98 Å². The first-order chi connectivity index (χ1) is 17.4. The average molecular weight is 495 g/mol. The minimum atomic E-state index is 0.0103. The van der Waals surface area contributed by atoms with Gasteiger partial charge >= 0.3 is 0 Å². The smallest absolute Gasteiger partial charge is 0.107 e. The molecule has 2 aliphatic heterocycles. The van der Waals surface area contributed by atoms with Crippen molar-refractivity contribution in [3.8, 4) is 0 Å². The minimum absolute atomic E-state index is 0.0103. The van der Waals surface area contributed by atoms with Crippen molar-refractivity contribution in [3.05, 3.63) is 74.1 Å². The largest absolute Gasteiger partial charge is 0.513 e. The van der Waals surface area contributed by atoms with E-state index in [1.165, 1.54) is 55.3 Å². The van der Waals surface area contributed by atoms with Gasteiger partial charge in [-0.1, -0.05) is 73.6 Å². The summed E-state index contributed by atoms with van der Waals surface area (Å²) in [5.74, 6) is 0. The molecule has 1 atom stereocenters. The van der Waals surface area contributed by atoms with Crippen LogP contribution in [-0.4, -0.2) is 16.1 Å². The summed E-state index contributed by atoms with van der Waals surface area (Å²) < 4.78 is 0. The summed E-state index contributed by atoms with van der Waals surface area (Å²) in [6, 6.07) is 9.81. The Hall–Kier alpha value is -3.07. The second-order valence-corrected chi connectivity index (χ2v) is 13.0. The summed E-state index contributed by atoms with van der Waals surface area (Å²) in [5, 5.41) is 22.1. The van der Waals surface area contributed by atoms with Crippen LogP contribution in [0.2, 0.25) is 0 Å². The molecule has 1 unspecified atom stereocenters. The van der Waals surface area contributed by atoms with Crippen molar-refractivity contribution in [2.24, 2.45) is 0 Å². The fourth-order valence-corrected chi connectivity index (χ4v) is 6.09. The molecule has 0 amide bonds. The van der Waals surface area contributed by atoms with Crippen LogP contribution in [0.3, 0.4) is 0 Å². The van der Waals surface area contributed by atoms with E-state index in [9.17, 15) is 5.11 Å². The molecule has 0 bridgehead atoms. The number of aromatic nitrogens is 1. The number of benzene rings is 2. The van der Waals surface area contributed by atoms with Crippen LogP contribution in [0, 0.1) is 10.4 Å². The zero-order chi connectivity index (χ0) is 26.9. The predicted molar refractivity (Wildman–Crippen MR) is 158 cm³/mol. The third kappa shape index (κ3) is 4.07. The maximum absolute atomic E-state index is 10.4. The van der Waals surface area contributed by atoms with Gasteiger partial charge in [-0.15, -0.1) is 0 Å². The van der Waals surface area contributed by atoms with E-state index in [0.29, 0.717) is 11.4 Å². The fraction of sp³-hybridized carbons (Fsp3) is 0.441. The van der Waals surface area contributed by atoms with Crippen molar-refractivity contribution < 1.29 is 5.11 Å². The summed E-state index contributed by atoms with van der Waals surface area (Å²) >= 11 is 0. The first kappa shape index (κ1) is 25.6. The lowest BCUT2D eigenvalue weighted by Gasteiger charge is -2.23. The molecule has 0 spiro atoms. The van der Waals surface area contributed by atoms with Crippen molar-refractivity contribution in [2.45, 2.75) is 98.4 Å². The Kier molecular flexibility index (Phi) is 6.05. The van der Waals surface area contributed by atoms with Crippen molar-refractivity contribution in [3.63, 3.8) is 0 Å². The van der Waals surface area contributed by atoms with Gasteiger partial charge in [-0.05, 0) is 93.0 Å². The molecule has 3 heteroatoms. The molecule has 0 radical (unpaired) electrons. The second kappa shape index (κ2) is 8.75. The van der Waals surface area contributed by atoms with Gasteiger partial charge in [0.2, 0.25) is 0 Å². The molecule has 37 heavy (non-hydrogen) atoms. The number of fused-ring (bicyclic) bond motifs is 2. The topological polar surface area (TPSA) is 45.2 Å². The Balaban J connectivity index is 2.01. The monoisotopic (exact) mass is 494 g/mol. The number of hydrogen-bond acceptors (Lipinski definition) is 3. The van der Waals surface area contributed by atoms with Gasteiger partial charge in [0.05, 0.1) is 11.4 Å². The quantitative estimate of drug-likeness (QED) is 0.302. The van der Waals surface area contributed by atoms with Crippen LogP contribution < -0.4 is 10.7 Å². The molecule has 2 aromatic rings. The molecule has 0 saturated heterocycles. The summed E-state index contributed by atoms with van der Waals surface area (Å²) in [5.41, 5.74) is 7.54. The van der Waals surface area contributed by atoms with Crippen LogP contribution in [0.5, 0.6) is 0 Å². The van der Waals surface area contributed by atoms with Gasteiger partial charge in [-0.3, -0.25) is 0 Å². The third-order valence-corrected chi connectivity index (χ3v) is 8.08. The average Bonchev–Trinajstić information content (AvgIpc) is 3.48. The molecular weight excluding hydrogens is 452 g/mol. The van der Waals surface area contributed by atoms with Gasteiger partial charge < -0.3 is 10.4 Å². The molecule has 2 heterocycles. The summed E-state index contributed by atoms with van der Waals surface area (Å²) in [7, 11) is 0. The highest BCUT2D eigenvalue weighted by Crippen LogP contribution is 2.41. The SMILES string of the molecule is CC/C=C(\CC)C1=C(c2nc(=CO)c3c4cc(C(C)(C)C)cc5cc(C(C)(C)C)cc(c2=3)c54)NC(C)C1. The van der Waals surface area contributed by atoms with Gasteiger partial charge in [0, 0.05) is 16.5 Å². The highest BCUT2D eigenvalue weighted by atomic mass is 16.2. The predicted octanol–water partition coefficient (Wildman–Crippen LogP) is 8.00. The molecule has 2 N–H and O–H groups in total. The van der Waals surface area contributed by atoms with Crippen LogP contribution in [0.1, 0.15) is 98.4 Å². The van der Waals surface area contributed by atoms with E-state index in [1.54, 1.807) is 0 Å². The molecule has 194 valence electrons. The number of rotatable bonds is 4. The Morgan fingerprint density at radius 2 is 1.57 bits per heavy atom. The highest BCUT2D eigenvalue weighted by molar-refractivity contribution is 6.13. The van der Waals surface area contributed by atoms with Crippen molar-refractivity contribution in [1.29, 1.82) is 0 Å². The lowest BCUT2D eigenvalue weighted by molar-refractivity contribution is 0.538. The van der Waals surface area contributed by atoms with Gasteiger partial charge in [0.1, 0.15) is 11.6 Å². The number of aliphatic hydroxyl groups is 1. The van der Waals surface area contributed by atoms with Crippen molar-refractivity contribution >= 4 is 33.5 Å². The van der Waals surface area contributed by atoms with E-state index >= 15 is 0 Å². The van der Waals surface area contributed by atoms with Crippen LogP contribution in [-0.2, 0) is 10.8 Å². The number of hydrogen-bond donors (Lipinski definition) is 2. The lowest BCUT2D eigenvalue weighted by atomic mass is 9.82. The maximum atomic E-state index is 10.4. The highest BCUT2D eigenvalue weighted by Gasteiger charge is 2.29. The van der Waals surface area contributed by atoms with Crippen LogP contribution in [0.4, 0.5) is 0 Å². The van der Waals surface area contributed by atoms with E-state index < -0.39 is 0 Å². The lowest BCUT2D eigenvalue weighted by Crippen LogP contribution is -2.18. The van der Waals surface area contributed by atoms with Crippen LogP contribution in [0.25, 0.3) is 33.5 Å². The molecule has 0 saturated carbocycles. The Morgan fingerprint density at radius 3 is 2.08 bits per heavy atom. The maximum Gasteiger partial charge on any atom is 0.107 e. The number of nitrogens with zero attached hydrogens (tertiary/aromatic N) is 1. The zero-order valence-electron chi connectivity index (χ0n) is 24.1. The molecule has 3 aliphatic rings. The van der Waals surface area contributed by atoms with Crippen molar-refractivity contribution in [2.75, 3.05) is 0 Å². The Morgan fingerprint density at radius 1 is 0.973 bits per heavy atom. The first-order valence-corrected chi connectivity index (χ1v) is 13.9. The molecule has 3 nitrogen and oxygen atoms in total. The van der Waals surface area contributed by atoms with E-state index in [2.05, 4.69) is 98.0 Å². The van der Waals surface area contributed by atoms with E-state index in [-0.39, 0.29) is 10.8 Å². The Bertz CT molecular complexity index is 1670. The van der Waals surface area contributed by atoms with Crippen LogP contribution in [0.15, 0.2) is 41.5 Å². The summed E-state index contributed by atoms with van der Waals surface area (Å²) in [6.45, 7) is 20.4. The van der Waals surface area contributed by atoms with Gasteiger partial charge in [0.15, 0.2) is 0 Å². The first-order valence-electron chi connectivity index (χ1n) is 13.9. The third-order valence-electron chi connectivity index (χ3n) is 8.08. The summed E-state index contributed by atoms with van der Waals surface area (Å²) in [6.07, 6.45) is 6.58. The standard InChI is InChI=1S/C34H42N2O/c1-10-12-20(11-2)24-13-19(3)35-31(24)32-30-26-17-23(34(7,8)9)15-21-14-22(33(4,5)6)16-25(28(21)26)29(30)27(18-37)36-32/h12,14-19,35,37H,10-11,13H2,1-9H3/b20-12+,27-18?.